The van der Waals surface area contributed by atoms with Crippen LogP contribution in [0.3, 0.4) is 0 Å². The molecule has 19 nitrogen and oxygen atoms in total. The number of aromatic hydroxyl groups is 2. The maximum absolute atomic E-state index is 12.6. The van der Waals surface area contributed by atoms with Gasteiger partial charge in [-0.05, 0) is 48.1 Å². The molecule has 306 valence electrons. The van der Waals surface area contributed by atoms with Gasteiger partial charge in [0, 0.05) is 17.7 Å². The van der Waals surface area contributed by atoms with Gasteiger partial charge in [0.2, 0.25) is 18.3 Å². The second-order valence-corrected chi connectivity index (χ2v) is 14.1. The van der Waals surface area contributed by atoms with E-state index in [0.29, 0.717) is 11.3 Å². The van der Waals surface area contributed by atoms with Crippen LogP contribution < -0.4 is 18.9 Å². The standard InChI is InChI=1S/C40H36N4O15/c41-30-9-8-23(44-30)26(47)16-55-21-6-4-18(5-7-21)27-13-25(46)31-28(56-27)14-29(33(32(31)48)58-36(51)19-2-1-3-20(45)12-19)57-38-39(53)11-10-22(24-15-42-17-43-24)40(54,37(39)52)34(59-38)35(49)50/h1-14,17,22,26-27,34,36-38,41,45-48,51-54H,15-16H2,(H,49,50). The van der Waals surface area contributed by atoms with Crippen LogP contribution in [-0.4, -0.2) is 124 Å². The van der Waals surface area contributed by atoms with Gasteiger partial charge in [0.25, 0.3) is 0 Å². The Labute approximate surface area is 333 Å². The maximum atomic E-state index is 12.6. The van der Waals surface area contributed by atoms with Crippen molar-refractivity contribution in [2.45, 2.75) is 48.2 Å². The van der Waals surface area contributed by atoms with Gasteiger partial charge in [-0.1, -0.05) is 30.3 Å². The SMILES string of the molecule is N=C1C=CC(C(O)COc2ccc(C3C=C(O)c4c(cc(OC5OC(C(=O)O)C6(O)C(C7=NC=NC7)C=CC5(O)C6O)c(OC(O)c5cccc(O)c5)c4O)O3)cc2)=N1. The molecule has 59 heavy (non-hydrogen) atoms. The average molecular weight is 813 g/mol. The average Bonchev–Trinajstić information content (AvgIpc) is 3.90. The number of carboxylic acids is 1. The number of nitrogens with zero attached hydrogens (tertiary/aromatic N) is 3. The Bertz CT molecular complexity index is 2390. The van der Waals surface area contributed by atoms with E-state index >= 15 is 0 Å². The first-order valence-corrected chi connectivity index (χ1v) is 18.0. The Kier molecular flexibility index (Phi) is 9.95. The van der Waals surface area contributed by atoms with E-state index in [-0.39, 0.29) is 53.0 Å². The molecule has 0 saturated carbocycles. The third kappa shape index (κ3) is 6.94. The number of ether oxygens (including phenoxy) is 5. The molecule has 0 aromatic heterocycles. The second kappa shape index (κ2) is 15.0. The van der Waals surface area contributed by atoms with Crippen molar-refractivity contribution in [3.05, 3.63) is 102 Å². The van der Waals surface area contributed by atoms with Crippen molar-refractivity contribution < 1.29 is 74.4 Å². The van der Waals surface area contributed by atoms with E-state index < -0.39 is 83.1 Å². The Morgan fingerprint density at radius 3 is 2.51 bits per heavy atom. The van der Waals surface area contributed by atoms with Crippen LogP contribution in [0.15, 0.2) is 100.0 Å². The molecule has 1 saturated heterocycles. The van der Waals surface area contributed by atoms with Gasteiger partial charge >= 0.3 is 5.97 Å². The Balaban J connectivity index is 1.12. The maximum Gasteiger partial charge on any atom is 0.336 e. The molecule has 4 aliphatic heterocycles. The van der Waals surface area contributed by atoms with Gasteiger partial charge in [-0.25, -0.2) is 14.8 Å². The molecule has 2 bridgehead atoms. The fourth-order valence-corrected chi connectivity index (χ4v) is 7.38. The van der Waals surface area contributed by atoms with Crippen LogP contribution in [0.5, 0.6) is 34.5 Å². The van der Waals surface area contributed by atoms with E-state index in [9.17, 15) is 50.8 Å². The van der Waals surface area contributed by atoms with Crippen LogP contribution in [0.1, 0.15) is 29.1 Å². The monoisotopic (exact) mass is 812 g/mol. The van der Waals surface area contributed by atoms with Crippen LogP contribution in [-0.2, 0) is 9.53 Å². The number of hydrogen-bond acceptors (Lipinski definition) is 17. The number of aliphatic hydroxyl groups is 6. The van der Waals surface area contributed by atoms with Gasteiger partial charge in [-0.3, -0.25) is 10.4 Å². The first-order valence-electron chi connectivity index (χ1n) is 18.0. The summed E-state index contributed by atoms with van der Waals surface area (Å²) in [6, 6.07) is 12.8. The van der Waals surface area contributed by atoms with Crippen molar-refractivity contribution in [1.29, 1.82) is 5.41 Å². The molecule has 19 heteroatoms. The zero-order valence-corrected chi connectivity index (χ0v) is 30.4. The van der Waals surface area contributed by atoms with Gasteiger partial charge in [0.15, 0.2) is 23.2 Å². The Morgan fingerprint density at radius 2 is 1.83 bits per heavy atom. The molecule has 4 heterocycles. The van der Waals surface area contributed by atoms with Crippen LogP contribution in [0.2, 0.25) is 0 Å². The Hall–Kier alpha value is -6.61. The van der Waals surface area contributed by atoms with Crippen molar-refractivity contribution in [3.63, 3.8) is 0 Å². The zero-order chi connectivity index (χ0) is 41.8. The number of phenols is 2. The fourth-order valence-electron chi connectivity index (χ4n) is 7.38. The van der Waals surface area contributed by atoms with Crippen LogP contribution in [0.25, 0.3) is 5.76 Å². The number of amidine groups is 1. The molecular weight excluding hydrogens is 776 g/mol. The van der Waals surface area contributed by atoms with Crippen molar-refractivity contribution >= 4 is 35.3 Å². The summed E-state index contributed by atoms with van der Waals surface area (Å²) < 4.78 is 29.3. The van der Waals surface area contributed by atoms with E-state index in [1.165, 1.54) is 54.9 Å². The van der Waals surface area contributed by atoms with Crippen molar-refractivity contribution in [3.8, 4) is 34.5 Å². The molecule has 10 N–H and O–H groups in total. The van der Waals surface area contributed by atoms with Gasteiger partial charge in [0.1, 0.15) is 71.3 Å². The number of nitrogens with one attached hydrogen (secondary N) is 1. The zero-order valence-electron chi connectivity index (χ0n) is 30.4. The normalized spacial score (nSPS) is 28.8. The minimum absolute atomic E-state index is 0.00903. The number of carbonyl (C=O) groups is 1. The molecule has 3 aromatic carbocycles. The summed E-state index contributed by atoms with van der Waals surface area (Å²) in [5.41, 5.74) is -4.68. The summed E-state index contributed by atoms with van der Waals surface area (Å²) in [6.45, 7) is -0.169. The van der Waals surface area contributed by atoms with Gasteiger partial charge in [0.05, 0.1) is 23.9 Å². The number of carboxylic acid groups (broad SMARTS) is 1. The van der Waals surface area contributed by atoms with E-state index in [2.05, 4.69) is 15.0 Å². The molecule has 0 spiro atoms. The fraction of sp³-hybridized carbons (Fsp3) is 0.275. The molecule has 9 atom stereocenters. The van der Waals surface area contributed by atoms with E-state index in [0.717, 1.165) is 12.1 Å². The number of aliphatic carboxylic acids is 1. The van der Waals surface area contributed by atoms with Crippen LogP contribution >= 0.6 is 0 Å². The molecule has 5 aliphatic rings. The topological polar surface area (TPSA) is 306 Å². The third-order valence-corrected chi connectivity index (χ3v) is 10.4. The van der Waals surface area contributed by atoms with Crippen LogP contribution in [0.4, 0.5) is 0 Å². The largest absolute Gasteiger partial charge is 0.508 e. The predicted molar refractivity (Wildman–Crippen MR) is 204 cm³/mol. The van der Waals surface area contributed by atoms with E-state index in [4.69, 9.17) is 29.1 Å². The van der Waals surface area contributed by atoms with Crippen molar-refractivity contribution in [1.82, 2.24) is 0 Å². The number of fused-ring (bicyclic) bond motifs is 3. The number of benzene rings is 3. The van der Waals surface area contributed by atoms with E-state index in [1.54, 1.807) is 24.3 Å². The first kappa shape index (κ1) is 39.2. The highest BCUT2D eigenvalue weighted by Crippen LogP contribution is 2.53. The number of rotatable bonds is 12. The quantitative estimate of drug-likeness (QED) is 0.0918. The first-order chi connectivity index (χ1) is 28.2. The molecule has 1 aliphatic carbocycles. The third-order valence-electron chi connectivity index (χ3n) is 10.4. The predicted octanol–water partition coefficient (Wildman–Crippen LogP) is 1.61. The number of aliphatic hydroxyl groups excluding tert-OH is 4. The summed E-state index contributed by atoms with van der Waals surface area (Å²) >= 11 is 0. The lowest BCUT2D eigenvalue weighted by Gasteiger charge is -2.55. The molecule has 9 unspecified atom stereocenters. The van der Waals surface area contributed by atoms with Gasteiger partial charge in [-0.15, -0.1) is 0 Å². The smallest absolute Gasteiger partial charge is 0.336 e. The summed E-state index contributed by atoms with van der Waals surface area (Å²) in [7, 11) is 0. The van der Waals surface area contributed by atoms with Gasteiger partial charge in [-0.2, -0.15) is 0 Å². The summed E-state index contributed by atoms with van der Waals surface area (Å²) in [5.74, 6) is -5.66. The lowest BCUT2D eigenvalue weighted by molar-refractivity contribution is -0.337. The molecule has 0 amide bonds. The van der Waals surface area contributed by atoms with E-state index in [1.807, 2.05) is 0 Å². The lowest BCUT2D eigenvalue weighted by Crippen LogP contribution is -2.78. The molecule has 0 radical (unpaired) electrons. The Morgan fingerprint density at radius 1 is 1.05 bits per heavy atom. The van der Waals surface area contributed by atoms with Gasteiger partial charge < -0.3 is 69.6 Å². The highest BCUT2D eigenvalue weighted by molar-refractivity contribution is 6.15. The number of hydrogen-bond donors (Lipinski definition) is 10. The van der Waals surface area contributed by atoms with Crippen LogP contribution in [0, 0.1) is 11.3 Å². The lowest BCUT2D eigenvalue weighted by atomic mass is 9.64. The molecule has 1 fully saturated rings. The molecular formula is C40H36N4O15. The highest BCUT2D eigenvalue weighted by atomic mass is 16.7. The molecule has 8 rings (SSSR count). The van der Waals surface area contributed by atoms with Crippen molar-refractivity contribution in [2.75, 3.05) is 13.2 Å². The number of aliphatic imine (C=N–C) groups is 3. The molecule has 3 aromatic rings. The van der Waals surface area contributed by atoms with Crippen molar-refractivity contribution in [2.24, 2.45) is 20.9 Å². The second-order valence-electron chi connectivity index (χ2n) is 14.1. The summed E-state index contributed by atoms with van der Waals surface area (Å²) in [4.78, 5) is 24.6. The summed E-state index contributed by atoms with van der Waals surface area (Å²) in [6.07, 6.45) is -2.90. The number of phenolic OH excluding ortho intramolecular Hbond substituents is 2. The highest BCUT2D eigenvalue weighted by Gasteiger charge is 2.70. The minimum atomic E-state index is -2.68. The minimum Gasteiger partial charge on any atom is -0.508 e. The summed E-state index contributed by atoms with van der Waals surface area (Å²) in [5, 5.41) is 107.